The van der Waals surface area contributed by atoms with Gasteiger partial charge in [-0.3, -0.25) is 4.99 Å². The lowest BCUT2D eigenvalue weighted by molar-refractivity contribution is -0.132. The minimum Gasteiger partial charge on any atom is -0.478 e. The second-order valence-electron chi connectivity index (χ2n) is 3.96. The fourth-order valence-electron chi connectivity index (χ4n) is 1.02. The summed E-state index contributed by atoms with van der Waals surface area (Å²) >= 11 is 0. The molecule has 12 heavy (non-hydrogen) atoms. The minimum atomic E-state index is -0.863. The number of carboxylic acids is 1. The molecule has 0 aromatic carbocycles. The molecule has 0 fully saturated rings. The van der Waals surface area contributed by atoms with Crippen LogP contribution < -0.4 is 0 Å². The Bertz CT molecular complexity index is 269. The number of rotatable bonds is 1. The van der Waals surface area contributed by atoms with E-state index in [2.05, 4.69) is 4.99 Å². The van der Waals surface area contributed by atoms with Gasteiger partial charge >= 0.3 is 5.97 Å². The largest absolute Gasteiger partial charge is 0.478 e. The standard InChI is InChI=1S/C9H13NO2/c1-9(2,3)7-4-6(5-10-7)8(11)12/h5H,4H2,1-3H3,(H,11,12). The van der Waals surface area contributed by atoms with E-state index in [1.54, 1.807) is 0 Å². The summed E-state index contributed by atoms with van der Waals surface area (Å²) in [6, 6.07) is 0. The van der Waals surface area contributed by atoms with Crippen LogP contribution in [0.25, 0.3) is 0 Å². The van der Waals surface area contributed by atoms with Gasteiger partial charge in [-0.2, -0.15) is 0 Å². The molecule has 3 nitrogen and oxygen atoms in total. The molecule has 0 atom stereocenters. The Morgan fingerprint density at radius 1 is 1.58 bits per heavy atom. The molecule has 0 aliphatic carbocycles. The summed E-state index contributed by atoms with van der Waals surface area (Å²) in [6.07, 6.45) is 1.93. The molecule has 1 aliphatic heterocycles. The van der Waals surface area contributed by atoms with Crippen molar-refractivity contribution >= 4 is 11.7 Å². The third-order valence-corrected chi connectivity index (χ3v) is 1.87. The van der Waals surface area contributed by atoms with Crippen molar-refractivity contribution in [3.8, 4) is 0 Å². The summed E-state index contributed by atoms with van der Waals surface area (Å²) in [5.41, 5.74) is 1.31. The third-order valence-electron chi connectivity index (χ3n) is 1.87. The van der Waals surface area contributed by atoms with Gasteiger partial charge < -0.3 is 5.11 Å². The molecule has 1 heterocycles. The highest BCUT2D eigenvalue weighted by atomic mass is 16.4. The summed E-state index contributed by atoms with van der Waals surface area (Å²) in [4.78, 5) is 14.6. The molecule has 1 aliphatic rings. The van der Waals surface area contributed by atoms with Crippen LogP contribution in [-0.2, 0) is 4.79 Å². The van der Waals surface area contributed by atoms with Gasteiger partial charge in [0.1, 0.15) is 0 Å². The molecule has 3 heteroatoms. The van der Waals surface area contributed by atoms with Gasteiger partial charge in [-0.25, -0.2) is 4.79 Å². The predicted octanol–water partition coefficient (Wildman–Crippen LogP) is 1.85. The quantitative estimate of drug-likeness (QED) is 0.647. The van der Waals surface area contributed by atoms with Gasteiger partial charge in [0, 0.05) is 23.7 Å². The Hall–Kier alpha value is -1.12. The number of aliphatic imine (C=N–C) groups is 1. The summed E-state index contributed by atoms with van der Waals surface area (Å²) in [5, 5.41) is 8.66. The van der Waals surface area contributed by atoms with Crippen molar-refractivity contribution in [2.45, 2.75) is 27.2 Å². The van der Waals surface area contributed by atoms with E-state index in [1.807, 2.05) is 20.8 Å². The molecular formula is C9H13NO2. The SMILES string of the molecule is CC(C)(C)C1=NC=C(C(=O)O)C1. The van der Waals surface area contributed by atoms with E-state index in [9.17, 15) is 4.79 Å². The molecule has 0 saturated carbocycles. The average Bonchev–Trinajstić information content (AvgIpc) is 2.30. The number of carboxylic acid groups (broad SMARTS) is 1. The fourth-order valence-corrected chi connectivity index (χ4v) is 1.02. The van der Waals surface area contributed by atoms with Crippen LogP contribution in [-0.4, -0.2) is 16.8 Å². The molecule has 1 rings (SSSR count). The molecule has 0 aromatic heterocycles. The summed E-state index contributed by atoms with van der Waals surface area (Å²) in [5.74, 6) is -0.863. The molecule has 66 valence electrons. The number of aliphatic carboxylic acids is 1. The molecule has 0 aromatic rings. The molecule has 0 amide bonds. The first-order valence-electron chi connectivity index (χ1n) is 3.91. The Kier molecular flexibility index (Phi) is 2.04. The number of hydrogen-bond donors (Lipinski definition) is 1. The van der Waals surface area contributed by atoms with Gasteiger partial charge in [-0.1, -0.05) is 20.8 Å². The lowest BCUT2D eigenvalue weighted by Gasteiger charge is -2.18. The van der Waals surface area contributed by atoms with Gasteiger partial charge in [0.05, 0.1) is 5.57 Å². The van der Waals surface area contributed by atoms with E-state index >= 15 is 0 Å². The smallest absolute Gasteiger partial charge is 0.333 e. The highest BCUT2D eigenvalue weighted by Crippen LogP contribution is 2.25. The summed E-state index contributed by atoms with van der Waals surface area (Å²) < 4.78 is 0. The van der Waals surface area contributed by atoms with E-state index in [-0.39, 0.29) is 5.41 Å². The molecular weight excluding hydrogens is 154 g/mol. The topological polar surface area (TPSA) is 49.7 Å². The zero-order chi connectivity index (χ0) is 9.35. The number of hydrogen-bond acceptors (Lipinski definition) is 2. The van der Waals surface area contributed by atoms with Crippen molar-refractivity contribution in [1.82, 2.24) is 0 Å². The minimum absolute atomic E-state index is 0.0201. The van der Waals surface area contributed by atoms with Crippen LogP contribution in [0.2, 0.25) is 0 Å². The first-order chi connectivity index (χ1) is 5.41. The first kappa shape index (κ1) is 8.97. The van der Waals surface area contributed by atoms with E-state index in [1.165, 1.54) is 6.20 Å². The second-order valence-corrected chi connectivity index (χ2v) is 3.96. The van der Waals surface area contributed by atoms with Crippen LogP contribution in [0.5, 0.6) is 0 Å². The van der Waals surface area contributed by atoms with E-state index < -0.39 is 5.97 Å². The van der Waals surface area contributed by atoms with Crippen molar-refractivity contribution < 1.29 is 9.90 Å². The van der Waals surface area contributed by atoms with Crippen LogP contribution >= 0.6 is 0 Å². The Labute approximate surface area is 71.8 Å². The molecule has 0 saturated heterocycles. The molecule has 1 N–H and O–H groups in total. The first-order valence-corrected chi connectivity index (χ1v) is 3.91. The average molecular weight is 167 g/mol. The molecule has 0 radical (unpaired) electrons. The fraction of sp³-hybridized carbons (Fsp3) is 0.556. The van der Waals surface area contributed by atoms with Crippen molar-refractivity contribution in [2.24, 2.45) is 10.4 Å². The van der Waals surface area contributed by atoms with Crippen LogP contribution in [0.1, 0.15) is 27.2 Å². The van der Waals surface area contributed by atoms with Gasteiger partial charge in [0.25, 0.3) is 0 Å². The molecule has 0 unspecified atom stereocenters. The molecule has 0 bridgehead atoms. The highest BCUT2D eigenvalue weighted by Gasteiger charge is 2.25. The number of nitrogens with zero attached hydrogens (tertiary/aromatic N) is 1. The summed E-state index contributed by atoms with van der Waals surface area (Å²) in [6.45, 7) is 6.10. The lowest BCUT2D eigenvalue weighted by atomic mass is 9.87. The maximum Gasteiger partial charge on any atom is 0.333 e. The Morgan fingerprint density at radius 2 is 2.17 bits per heavy atom. The van der Waals surface area contributed by atoms with Gasteiger partial charge in [-0.05, 0) is 0 Å². The van der Waals surface area contributed by atoms with Crippen molar-refractivity contribution in [3.05, 3.63) is 11.8 Å². The second kappa shape index (κ2) is 2.73. The maximum atomic E-state index is 10.5. The predicted molar refractivity (Wildman–Crippen MR) is 47.2 cm³/mol. The van der Waals surface area contributed by atoms with Crippen LogP contribution in [0, 0.1) is 5.41 Å². The van der Waals surface area contributed by atoms with E-state index in [0.717, 1.165) is 5.71 Å². The van der Waals surface area contributed by atoms with E-state index in [4.69, 9.17) is 5.11 Å². The zero-order valence-corrected chi connectivity index (χ0v) is 7.59. The Balaban J connectivity index is 2.69. The van der Waals surface area contributed by atoms with Crippen LogP contribution in [0.3, 0.4) is 0 Å². The van der Waals surface area contributed by atoms with E-state index in [0.29, 0.717) is 12.0 Å². The maximum absolute atomic E-state index is 10.5. The monoisotopic (exact) mass is 167 g/mol. The van der Waals surface area contributed by atoms with Crippen molar-refractivity contribution in [1.29, 1.82) is 0 Å². The highest BCUT2D eigenvalue weighted by molar-refractivity contribution is 6.02. The van der Waals surface area contributed by atoms with Crippen molar-refractivity contribution in [2.75, 3.05) is 0 Å². The van der Waals surface area contributed by atoms with Crippen LogP contribution in [0.4, 0.5) is 0 Å². The third kappa shape index (κ3) is 1.72. The lowest BCUT2D eigenvalue weighted by Crippen LogP contribution is -2.19. The molecule has 0 spiro atoms. The summed E-state index contributed by atoms with van der Waals surface area (Å²) in [7, 11) is 0. The Morgan fingerprint density at radius 3 is 2.42 bits per heavy atom. The van der Waals surface area contributed by atoms with Gasteiger partial charge in [0.15, 0.2) is 0 Å². The van der Waals surface area contributed by atoms with Gasteiger partial charge in [0.2, 0.25) is 0 Å². The van der Waals surface area contributed by atoms with Gasteiger partial charge in [-0.15, -0.1) is 0 Å². The van der Waals surface area contributed by atoms with Crippen LogP contribution in [0.15, 0.2) is 16.8 Å². The zero-order valence-electron chi connectivity index (χ0n) is 7.59. The number of carbonyl (C=O) groups is 1. The normalized spacial score (nSPS) is 17.2. The van der Waals surface area contributed by atoms with Crippen molar-refractivity contribution in [3.63, 3.8) is 0 Å².